The molecule has 19 heavy (non-hydrogen) atoms. The van der Waals surface area contributed by atoms with E-state index in [1.165, 1.54) is 0 Å². The topological polar surface area (TPSA) is 50.4 Å². The third kappa shape index (κ3) is 3.78. The van der Waals surface area contributed by atoms with Gasteiger partial charge in [0.2, 0.25) is 5.91 Å². The van der Waals surface area contributed by atoms with Crippen molar-refractivity contribution in [2.24, 2.45) is 0 Å². The molecule has 2 N–H and O–H groups in total. The van der Waals surface area contributed by atoms with Crippen LogP contribution in [0.4, 0.5) is 0 Å². The number of carbonyl (C=O) groups excluding carboxylic acids is 1. The molecule has 2 rings (SSSR count). The second-order valence-corrected chi connectivity index (χ2v) is 5.76. The fraction of sp³-hybridized carbons (Fsp3) is 0.500. The first-order chi connectivity index (χ1) is 9.10. The molecular weight excluding hydrogens is 308 g/mol. The van der Waals surface area contributed by atoms with Crippen molar-refractivity contribution in [3.8, 4) is 0 Å². The molecule has 1 heterocycles. The standard InChI is InChI=1S/C14H19BrN2O2/c1-9(10-4-3-5-11(15)6-10)17-14(18)13-7-12(19-2)8-16-13/h3-6,9,12-13,16H,7-8H2,1-2H3,(H,17,18). The first-order valence-corrected chi connectivity index (χ1v) is 7.21. The highest BCUT2D eigenvalue weighted by atomic mass is 79.9. The quantitative estimate of drug-likeness (QED) is 0.889. The lowest BCUT2D eigenvalue weighted by atomic mass is 10.1. The Kier molecular flexibility index (Phi) is 4.96. The minimum absolute atomic E-state index is 0.00612. The maximum atomic E-state index is 12.1. The van der Waals surface area contributed by atoms with E-state index in [0.29, 0.717) is 0 Å². The van der Waals surface area contributed by atoms with Gasteiger partial charge in [0, 0.05) is 18.1 Å². The largest absolute Gasteiger partial charge is 0.380 e. The average Bonchev–Trinajstić information content (AvgIpc) is 2.87. The summed E-state index contributed by atoms with van der Waals surface area (Å²) < 4.78 is 6.27. The van der Waals surface area contributed by atoms with Crippen molar-refractivity contribution in [3.63, 3.8) is 0 Å². The maximum absolute atomic E-state index is 12.1. The highest BCUT2D eigenvalue weighted by Crippen LogP contribution is 2.18. The summed E-state index contributed by atoms with van der Waals surface area (Å²) in [6.07, 6.45) is 0.866. The summed E-state index contributed by atoms with van der Waals surface area (Å²) in [7, 11) is 1.68. The molecule has 0 aromatic heterocycles. The van der Waals surface area contributed by atoms with Gasteiger partial charge >= 0.3 is 0 Å². The molecule has 0 aliphatic carbocycles. The van der Waals surface area contributed by atoms with Gasteiger partial charge in [-0.05, 0) is 31.0 Å². The molecule has 1 saturated heterocycles. The van der Waals surface area contributed by atoms with Crippen LogP contribution in [0.3, 0.4) is 0 Å². The number of ether oxygens (including phenoxy) is 1. The van der Waals surface area contributed by atoms with E-state index in [0.717, 1.165) is 23.0 Å². The second-order valence-electron chi connectivity index (χ2n) is 4.84. The molecule has 1 aliphatic heterocycles. The summed E-state index contributed by atoms with van der Waals surface area (Å²) in [5.74, 6) is 0.0343. The monoisotopic (exact) mass is 326 g/mol. The Labute approximate surface area is 122 Å². The molecule has 0 saturated carbocycles. The molecule has 0 radical (unpaired) electrons. The van der Waals surface area contributed by atoms with E-state index in [2.05, 4.69) is 26.6 Å². The molecular formula is C14H19BrN2O2. The molecule has 4 nitrogen and oxygen atoms in total. The van der Waals surface area contributed by atoms with E-state index in [-0.39, 0.29) is 24.1 Å². The highest BCUT2D eigenvalue weighted by molar-refractivity contribution is 9.10. The predicted molar refractivity (Wildman–Crippen MR) is 77.9 cm³/mol. The number of hydrogen-bond acceptors (Lipinski definition) is 3. The zero-order chi connectivity index (χ0) is 13.8. The van der Waals surface area contributed by atoms with Gasteiger partial charge in [-0.25, -0.2) is 0 Å². The number of carbonyl (C=O) groups is 1. The Morgan fingerprint density at radius 1 is 1.58 bits per heavy atom. The van der Waals surface area contributed by atoms with Crippen LogP contribution in [-0.2, 0) is 9.53 Å². The van der Waals surface area contributed by atoms with Crippen LogP contribution in [0.2, 0.25) is 0 Å². The molecule has 0 spiro atoms. The molecule has 0 bridgehead atoms. The van der Waals surface area contributed by atoms with E-state index in [1.807, 2.05) is 31.2 Å². The third-order valence-corrected chi connectivity index (χ3v) is 3.94. The number of methoxy groups -OCH3 is 1. The fourth-order valence-electron chi connectivity index (χ4n) is 2.26. The van der Waals surface area contributed by atoms with Crippen LogP contribution in [0, 0.1) is 0 Å². The Bertz CT molecular complexity index is 453. The molecule has 5 heteroatoms. The first-order valence-electron chi connectivity index (χ1n) is 6.42. The van der Waals surface area contributed by atoms with Gasteiger partial charge in [-0.15, -0.1) is 0 Å². The highest BCUT2D eigenvalue weighted by Gasteiger charge is 2.29. The smallest absolute Gasteiger partial charge is 0.237 e. The fourth-order valence-corrected chi connectivity index (χ4v) is 2.67. The molecule has 1 fully saturated rings. The van der Waals surface area contributed by atoms with E-state index in [4.69, 9.17) is 4.74 Å². The van der Waals surface area contributed by atoms with Gasteiger partial charge in [-0.2, -0.15) is 0 Å². The van der Waals surface area contributed by atoms with Crippen LogP contribution in [0.15, 0.2) is 28.7 Å². The van der Waals surface area contributed by atoms with Crippen LogP contribution >= 0.6 is 15.9 Å². The zero-order valence-corrected chi connectivity index (χ0v) is 12.7. The van der Waals surface area contributed by atoms with Gasteiger partial charge in [0.1, 0.15) is 0 Å². The molecule has 1 aromatic carbocycles. The second kappa shape index (κ2) is 6.50. The number of halogens is 1. The van der Waals surface area contributed by atoms with Gasteiger partial charge in [0.25, 0.3) is 0 Å². The van der Waals surface area contributed by atoms with Crippen molar-refractivity contribution in [1.29, 1.82) is 0 Å². The molecule has 1 amide bonds. The minimum Gasteiger partial charge on any atom is -0.380 e. The Morgan fingerprint density at radius 2 is 2.37 bits per heavy atom. The van der Waals surface area contributed by atoms with E-state index >= 15 is 0 Å². The van der Waals surface area contributed by atoms with Crippen molar-refractivity contribution in [2.45, 2.75) is 31.5 Å². The molecule has 1 aromatic rings. The van der Waals surface area contributed by atoms with Crippen LogP contribution < -0.4 is 10.6 Å². The van der Waals surface area contributed by atoms with Gasteiger partial charge in [-0.3, -0.25) is 4.79 Å². The summed E-state index contributed by atoms with van der Waals surface area (Å²) in [5, 5.41) is 6.21. The number of hydrogen-bond donors (Lipinski definition) is 2. The Hall–Kier alpha value is -0.910. The van der Waals surface area contributed by atoms with Crippen molar-refractivity contribution < 1.29 is 9.53 Å². The normalized spacial score (nSPS) is 24.2. The SMILES string of the molecule is COC1CNC(C(=O)NC(C)c2cccc(Br)c2)C1. The zero-order valence-electron chi connectivity index (χ0n) is 11.2. The Balaban J connectivity index is 1.92. The van der Waals surface area contributed by atoms with E-state index in [1.54, 1.807) is 7.11 Å². The van der Waals surface area contributed by atoms with Crippen LogP contribution in [0.1, 0.15) is 24.9 Å². The van der Waals surface area contributed by atoms with Crippen molar-refractivity contribution >= 4 is 21.8 Å². The average molecular weight is 327 g/mol. The summed E-state index contributed by atoms with van der Waals surface area (Å²) in [6.45, 7) is 2.72. The van der Waals surface area contributed by atoms with Gasteiger partial charge in [0.15, 0.2) is 0 Å². The maximum Gasteiger partial charge on any atom is 0.237 e. The predicted octanol–water partition coefficient (Wildman–Crippen LogP) is 2.00. The van der Waals surface area contributed by atoms with Gasteiger partial charge < -0.3 is 15.4 Å². The minimum atomic E-state index is -0.153. The van der Waals surface area contributed by atoms with E-state index in [9.17, 15) is 4.79 Å². The van der Waals surface area contributed by atoms with E-state index < -0.39 is 0 Å². The molecule has 3 unspecified atom stereocenters. The lowest BCUT2D eigenvalue weighted by molar-refractivity contribution is -0.123. The summed E-state index contributed by atoms with van der Waals surface area (Å²) in [4.78, 5) is 12.1. The molecule has 104 valence electrons. The lowest BCUT2D eigenvalue weighted by Crippen LogP contribution is -2.41. The third-order valence-electron chi connectivity index (χ3n) is 3.45. The van der Waals surface area contributed by atoms with Crippen LogP contribution in [0.25, 0.3) is 0 Å². The summed E-state index contributed by atoms with van der Waals surface area (Å²) >= 11 is 3.44. The number of nitrogens with one attached hydrogen (secondary N) is 2. The molecule has 3 atom stereocenters. The first kappa shape index (κ1) is 14.5. The Morgan fingerprint density at radius 3 is 3.00 bits per heavy atom. The number of rotatable bonds is 4. The van der Waals surface area contributed by atoms with Crippen molar-refractivity contribution in [1.82, 2.24) is 10.6 Å². The number of benzene rings is 1. The van der Waals surface area contributed by atoms with Crippen molar-refractivity contribution in [3.05, 3.63) is 34.3 Å². The van der Waals surface area contributed by atoms with Crippen LogP contribution in [-0.4, -0.2) is 31.7 Å². The number of amides is 1. The molecule has 1 aliphatic rings. The van der Waals surface area contributed by atoms with Gasteiger partial charge in [0.05, 0.1) is 18.2 Å². The van der Waals surface area contributed by atoms with Crippen LogP contribution in [0.5, 0.6) is 0 Å². The van der Waals surface area contributed by atoms with Crippen molar-refractivity contribution in [2.75, 3.05) is 13.7 Å². The summed E-state index contributed by atoms with van der Waals surface area (Å²) in [5.41, 5.74) is 1.09. The summed E-state index contributed by atoms with van der Waals surface area (Å²) in [6, 6.07) is 7.81. The lowest BCUT2D eigenvalue weighted by Gasteiger charge is -2.18. The van der Waals surface area contributed by atoms with Gasteiger partial charge in [-0.1, -0.05) is 28.1 Å².